The normalized spacial score (nSPS) is 17.3. The van der Waals surface area contributed by atoms with Crippen LogP contribution in [0.4, 0.5) is 0 Å². The van der Waals surface area contributed by atoms with Crippen molar-refractivity contribution in [2.24, 2.45) is 7.05 Å². The molecule has 0 radical (unpaired) electrons. The van der Waals surface area contributed by atoms with Crippen molar-refractivity contribution in [3.05, 3.63) is 60.2 Å². The van der Waals surface area contributed by atoms with E-state index in [1.807, 2.05) is 28.6 Å². The van der Waals surface area contributed by atoms with Gasteiger partial charge in [-0.05, 0) is 29.2 Å². The van der Waals surface area contributed by atoms with Crippen LogP contribution in [-0.4, -0.2) is 38.7 Å². The van der Waals surface area contributed by atoms with Gasteiger partial charge in [-0.15, -0.1) is 10.2 Å². The molecule has 4 rings (SSSR count). The van der Waals surface area contributed by atoms with Gasteiger partial charge < -0.3 is 9.47 Å². The van der Waals surface area contributed by atoms with Crippen molar-refractivity contribution < 1.29 is 4.79 Å². The van der Waals surface area contributed by atoms with Gasteiger partial charge in [-0.1, -0.05) is 42.5 Å². The van der Waals surface area contributed by atoms with Gasteiger partial charge in [0.1, 0.15) is 12.2 Å². The predicted octanol–water partition coefficient (Wildman–Crippen LogP) is 2.92. The summed E-state index contributed by atoms with van der Waals surface area (Å²) >= 11 is 0. The second kappa shape index (κ2) is 6.67. The first kappa shape index (κ1) is 15.8. The lowest BCUT2D eigenvalue weighted by Crippen LogP contribution is -2.28. The van der Waals surface area contributed by atoms with Gasteiger partial charge in [0, 0.05) is 32.5 Å². The van der Waals surface area contributed by atoms with Crippen LogP contribution in [-0.2, 0) is 18.3 Å². The smallest absolute Gasteiger partial charge is 0.222 e. The Morgan fingerprint density at radius 2 is 2.04 bits per heavy atom. The summed E-state index contributed by atoms with van der Waals surface area (Å²) in [6, 6.07) is 14.8. The molecule has 5 heteroatoms. The molecular formula is C20H22N4O. The number of benzene rings is 2. The molecule has 1 aromatic heterocycles. The van der Waals surface area contributed by atoms with Crippen molar-refractivity contribution in [2.75, 3.05) is 13.1 Å². The van der Waals surface area contributed by atoms with Crippen molar-refractivity contribution in [1.82, 2.24) is 19.7 Å². The zero-order valence-corrected chi connectivity index (χ0v) is 14.4. The first-order chi connectivity index (χ1) is 12.2. The third-order valence-corrected chi connectivity index (χ3v) is 5.09. The Morgan fingerprint density at radius 3 is 2.84 bits per heavy atom. The topological polar surface area (TPSA) is 51.0 Å². The van der Waals surface area contributed by atoms with Crippen LogP contribution in [0.5, 0.6) is 0 Å². The molecule has 1 amide bonds. The van der Waals surface area contributed by atoms with Crippen LogP contribution in [0.2, 0.25) is 0 Å². The molecule has 0 spiro atoms. The Morgan fingerprint density at radius 1 is 1.20 bits per heavy atom. The second-order valence-corrected chi connectivity index (χ2v) is 6.81. The second-order valence-electron chi connectivity index (χ2n) is 6.81. The average Bonchev–Trinajstić information content (AvgIpc) is 3.28. The molecule has 25 heavy (non-hydrogen) atoms. The van der Waals surface area contributed by atoms with Crippen molar-refractivity contribution >= 4 is 16.7 Å². The van der Waals surface area contributed by atoms with Gasteiger partial charge in [0.2, 0.25) is 5.91 Å². The predicted molar refractivity (Wildman–Crippen MR) is 97.2 cm³/mol. The maximum Gasteiger partial charge on any atom is 0.222 e. The van der Waals surface area contributed by atoms with E-state index in [9.17, 15) is 4.79 Å². The maximum absolute atomic E-state index is 12.6. The van der Waals surface area contributed by atoms with Crippen LogP contribution in [0.15, 0.2) is 48.8 Å². The average molecular weight is 334 g/mol. The SMILES string of the molecule is Cn1cnnc1C1CCN(C(=O)CCc2ccc3ccccc3c2)C1. The molecule has 1 unspecified atom stereocenters. The monoisotopic (exact) mass is 334 g/mol. The fourth-order valence-electron chi connectivity index (χ4n) is 3.66. The Labute approximate surface area is 147 Å². The lowest BCUT2D eigenvalue weighted by Gasteiger charge is -2.16. The molecule has 0 aliphatic carbocycles. The number of rotatable bonds is 4. The fourth-order valence-corrected chi connectivity index (χ4v) is 3.66. The zero-order chi connectivity index (χ0) is 17.2. The number of hydrogen-bond acceptors (Lipinski definition) is 3. The lowest BCUT2D eigenvalue weighted by molar-refractivity contribution is -0.130. The van der Waals surface area contributed by atoms with Gasteiger partial charge in [0.05, 0.1) is 0 Å². The van der Waals surface area contributed by atoms with Crippen molar-refractivity contribution in [2.45, 2.75) is 25.2 Å². The summed E-state index contributed by atoms with van der Waals surface area (Å²) in [6.45, 7) is 1.57. The largest absolute Gasteiger partial charge is 0.342 e. The Bertz CT molecular complexity index is 901. The van der Waals surface area contributed by atoms with Gasteiger partial charge in [-0.2, -0.15) is 0 Å². The number of aryl methyl sites for hydroxylation is 2. The molecule has 2 aromatic carbocycles. The van der Waals surface area contributed by atoms with Gasteiger partial charge >= 0.3 is 0 Å². The van der Waals surface area contributed by atoms with Crippen LogP contribution < -0.4 is 0 Å². The molecular weight excluding hydrogens is 312 g/mol. The first-order valence-electron chi connectivity index (χ1n) is 8.80. The highest BCUT2D eigenvalue weighted by atomic mass is 16.2. The van der Waals surface area contributed by atoms with Crippen LogP contribution >= 0.6 is 0 Å². The Balaban J connectivity index is 1.36. The third kappa shape index (κ3) is 3.27. The molecule has 1 aliphatic heterocycles. The van der Waals surface area contributed by atoms with E-state index in [2.05, 4.69) is 40.5 Å². The Kier molecular flexibility index (Phi) is 4.22. The van der Waals surface area contributed by atoms with E-state index in [-0.39, 0.29) is 5.91 Å². The van der Waals surface area contributed by atoms with Crippen molar-refractivity contribution in [3.63, 3.8) is 0 Å². The molecule has 1 saturated heterocycles. The molecule has 5 nitrogen and oxygen atoms in total. The first-order valence-corrected chi connectivity index (χ1v) is 8.80. The number of nitrogens with zero attached hydrogens (tertiary/aromatic N) is 4. The molecule has 0 N–H and O–H groups in total. The summed E-state index contributed by atoms with van der Waals surface area (Å²) in [6.07, 6.45) is 4.03. The lowest BCUT2D eigenvalue weighted by atomic mass is 10.0. The Hall–Kier alpha value is -2.69. The van der Waals surface area contributed by atoms with Crippen LogP contribution in [0.25, 0.3) is 10.8 Å². The van der Waals surface area contributed by atoms with E-state index in [0.717, 1.165) is 31.8 Å². The number of carbonyl (C=O) groups is 1. The summed E-state index contributed by atoms with van der Waals surface area (Å²) < 4.78 is 1.95. The third-order valence-electron chi connectivity index (χ3n) is 5.09. The number of likely N-dealkylation sites (tertiary alicyclic amines) is 1. The number of fused-ring (bicyclic) bond motifs is 1. The van der Waals surface area contributed by atoms with E-state index in [4.69, 9.17) is 0 Å². The molecule has 3 aromatic rings. The summed E-state index contributed by atoms with van der Waals surface area (Å²) in [4.78, 5) is 14.5. The minimum Gasteiger partial charge on any atom is -0.342 e. The maximum atomic E-state index is 12.6. The van der Waals surface area contributed by atoms with E-state index in [1.165, 1.54) is 16.3 Å². The highest BCUT2D eigenvalue weighted by Gasteiger charge is 2.29. The van der Waals surface area contributed by atoms with Gasteiger partial charge in [-0.25, -0.2) is 0 Å². The van der Waals surface area contributed by atoms with E-state index < -0.39 is 0 Å². The minimum atomic E-state index is 0.234. The molecule has 1 atom stereocenters. The quantitative estimate of drug-likeness (QED) is 0.737. The van der Waals surface area contributed by atoms with E-state index in [1.54, 1.807) is 6.33 Å². The van der Waals surface area contributed by atoms with Gasteiger partial charge in [-0.3, -0.25) is 4.79 Å². The highest BCUT2D eigenvalue weighted by molar-refractivity contribution is 5.83. The van der Waals surface area contributed by atoms with Crippen molar-refractivity contribution in [3.8, 4) is 0 Å². The number of hydrogen-bond donors (Lipinski definition) is 0. The molecule has 0 saturated carbocycles. The number of aromatic nitrogens is 3. The standard InChI is InChI=1S/C20H22N4O/c1-23-14-21-22-20(23)18-10-11-24(13-18)19(25)9-7-15-6-8-16-4-2-3-5-17(16)12-15/h2-6,8,12,14,18H,7,9-11,13H2,1H3. The van der Waals surface area contributed by atoms with Crippen LogP contribution in [0.1, 0.15) is 30.1 Å². The highest BCUT2D eigenvalue weighted by Crippen LogP contribution is 2.26. The molecule has 0 bridgehead atoms. The van der Waals surface area contributed by atoms with Crippen LogP contribution in [0.3, 0.4) is 0 Å². The van der Waals surface area contributed by atoms with E-state index >= 15 is 0 Å². The fraction of sp³-hybridized carbons (Fsp3) is 0.350. The molecule has 1 aliphatic rings. The van der Waals surface area contributed by atoms with Crippen molar-refractivity contribution in [1.29, 1.82) is 0 Å². The van der Waals surface area contributed by atoms with E-state index in [0.29, 0.717) is 12.3 Å². The molecule has 2 heterocycles. The van der Waals surface area contributed by atoms with Crippen LogP contribution in [0, 0.1) is 0 Å². The number of carbonyl (C=O) groups excluding carboxylic acids is 1. The summed E-state index contributed by atoms with van der Waals surface area (Å²) in [5, 5.41) is 10.6. The summed E-state index contributed by atoms with van der Waals surface area (Å²) in [5.41, 5.74) is 1.22. The number of amides is 1. The minimum absolute atomic E-state index is 0.234. The van der Waals surface area contributed by atoms with Gasteiger partial charge in [0.25, 0.3) is 0 Å². The summed E-state index contributed by atoms with van der Waals surface area (Å²) in [7, 11) is 1.96. The van der Waals surface area contributed by atoms with Gasteiger partial charge in [0.15, 0.2) is 0 Å². The molecule has 1 fully saturated rings. The molecule has 128 valence electrons. The zero-order valence-electron chi connectivity index (χ0n) is 14.4. The summed E-state index contributed by atoms with van der Waals surface area (Å²) in [5.74, 6) is 1.51.